The molecule has 2 aromatic rings. The number of ether oxygens (including phenoxy) is 3. The minimum Gasteiger partial charge on any atom is -0.465 e. The van der Waals surface area contributed by atoms with Crippen molar-refractivity contribution in [3.63, 3.8) is 0 Å². The molecule has 0 amide bonds. The van der Waals surface area contributed by atoms with Crippen molar-refractivity contribution < 1.29 is 28.4 Å². The first-order valence-corrected chi connectivity index (χ1v) is 16.9. The SMILES string of the molecule is CCCCOC(=O)C(CC)NP(=O)(COCCn1cnc2c(NC3CC3)nc(N)nc21)NC(CC)C(=O)OCCCC. The number of carbonyl (C=O) groups is 2. The fourth-order valence-corrected chi connectivity index (χ4v) is 6.27. The minimum absolute atomic E-state index is 0.138. The molecule has 3 rings (SSSR count). The van der Waals surface area contributed by atoms with E-state index in [1.165, 1.54) is 0 Å². The number of nitrogen functional groups attached to an aromatic ring is 1. The number of fused-ring (bicyclic) bond motifs is 1. The van der Waals surface area contributed by atoms with Gasteiger partial charge in [0.2, 0.25) is 13.4 Å². The van der Waals surface area contributed by atoms with Crippen LogP contribution in [0.4, 0.5) is 11.8 Å². The molecule has 5 N–H and O–H groups in total. The summed E-state index contributed by atoms with van der Waals surface area (Å²) in [6.07, 6.45) is 7.43. The Hall–Kier alpha value is -2.80. The Balaban J connectivity index is 1.68. The molecule has 0 spiro atoms. The molecule has 0 aliphatic heterocycles. The molecular formula is C27H47N8O6P. The van der Waals surface area contributed by atoms with Gasteiger partial charge in [-0.2, -0.15) is 9.97 Å². The second kappa shape index (κ2) is 16.7. The highest BCUT2D eigenvalue weighted by molar-refractivity contribution is 7.59. The Morgan fingerprint density at radius 3 is 2.12 bits per heavy atom. The third-order valence-corrected chi connectivity index (χ3v) is 8.75. The van der Waals surface area contributed by atoms with Crippen molar-refractivity contribution in [2.75, 3.05) is 37.2 Å². The van der Waals surface area contributed by atoms with Crippen LogP contribution in [-0.4, -0.2) is 75.8 Å². The van der Waals surface area contributed by atoms with Crippen LogP contribution in [0.15, 0.2) is 6.33 Å². The van der Waals surface area contributed by atoms with Crippen LogP contribution in [0.2, 0.25) is 0 Å². The van der Waals surface area contributed by atoms with Crippen LogP contribution in [0.25, 0.3) is 11.2 Å². The molecule has 1 aliphatic carbocycles. The fourth-order valence-electron chi connectivity index (χ4n) is 4.07. The molecule has 2 heterocycles. The molecular weight excluding hydrogens is 563 g/mol. The summed E-state index contributed by atoms with van der Waals surface area (Å²) in [7, 11) is -3.63. The molecule has 2 atom stereocenters. The average Bonchev–Trinajstić information content (AvgIpc) is 3.70. The van der Waals surface area contributed by atoms with E-state index in [2.05, 4.69) is 30.4 Å². The number of nitrogens with zero attached hydrogens (tertiary/aromatic N) is 4. The number of esters is 2. The molecule has 14 nitrogen and oxygen atoms in total. The first-order valence-electron chi connectivity index (χ1n) is 15.0. The molecule has 15 heteroatoms. The second-order valence-electron chi connectivity index (χ2n) is 10.5. The molecule has 0 bridgehead atoms. The first kappa shape index (κ1) is 33.7. The van der Waals surface area contributed by atoms with Gasteiger partial charge in [0.1, 0.15) is 18.4 Å². The van der Waals surface area contributed by atoms with E-state index in [0.717, 1.165) is 38.5 Å². The van der Waals surface area contributed by atoms with Gasteiger partial charge in [-0.15, -0.1) is 0 Å². The Kier molecular flexibility index (Phi) is 13.4. The van der Waals surface area contributed by atoms with Crippen LogP contribution in [0, 0.1) is 0 Å². The maximum absolute atomic E-state index is 14.2. The lowest BCUT2D eigenvalue weighted by molar-refractivity contribution is -0.146. The Morgan fingerprint density at radius 1 is 1.00 bits per heavy atom. The molecule has 1 fully saturated rings. The monoisotopic (exact) mass is 610 g/mol. The smallest absolute Gasteiger partial charge is 0.323 e. The number of hydrogen-bond acceptors (Lipinski definition) is 11. The maximum Gasteiger partial charge on any atom is 0.323 e. The van der Waals surface area contributed by atoms with Crippen molar-refractivity contribution in [1.82, 2.24) is 29.7 Å². The summed E-state index contributed by atoms with van der Waals surface area (Å²) in [4.78, 5) is 38.5. The largest absolute Gasteiger partial charge is 0.465 e. The second-order valence-corrected chi connectivity index (χ2v) is 12.7. The minimum atomic E-state index is -3.63. The average molecular weight is 611 g/mol. The van der Waals surface area contributed by atoms with E-state index in [1.807, 2.05) is 13.8 Å². The molecule has 1 saturated carbocycles. The highest BCUT2D eigenvalue weighted by Gasteiger charge is 2.34. The van der Waals surface area contributed by atoms with Crippen molar-refractivity contribution >= 4 is 42.3 Å². The van der Waals surface area contributed by atoms with Gasteiger partial charge in [0, 0.05) is 12.6 Å². The van der Waals surface area contributed by atoms with Crippen LogP contribution in [0.3, 0.4) is 0 Å². The molecule has 42 heavy (non-hydrogen) atoms. The Bertz CT molecular complexity index is 1170. The van der Waals surface area contributed by atoms with Gasteiger partial charge in [-0.3, -0.25) is 14.2 Å². The van der Waals surface area contributed by atoms with Gasteiger partial charge < -0.3 is 29.8 Å². The van der Waals surface area contributed by atoms with Crippen molar-refractivity contribution in [2.24, 2.45) is 0 Å². The molecule has 1 aliphatic rings. The van der Waals surface area contributed by atoms with Gasteiger partial charge in [-0.05, 0) is 38.5 Å². The third kappa shape index (κ3) is 10.2. The van der Waals surface area contributed by atoms with Crippen molar-refractivity contribution in [3.05, 3.63) is 6.33 Å². The number of rotatable bonds is 21. The summed E-state index contributed by atoms with van der Waals surface area (Å²) in [5.41, 5.74) is 7.12. The summed E-state index contributed by atoms with van der Waals surface area (Å²) in [6.45, 7) is 8.67. The predicted octanol–water partition coefficient (Wildman–Crippen LogP) is 3.57. The van der Waals surface area contributed by atoms with E-state index in [4.69, 9.17) is 19.9 Å². The van der Waals surface area contributed by atoms with E-state index >= 15 is 0 Å². The molecule has 236 valence electrons. The number of unbranched alkanes of at least 4 members (excludes halogenated alkanes) is 2. The molecule has 0 radical (unpaired) electrons. The number of imidazole rings is 1. The van der Waals surface area contributed by atoms with Gasteiger partial charge in [-0.25, -0.2) is 15.2 Å². The Morgan fingerprint density at radius 2 is 1.60 bits per heavy atom. The molecule has 2 aromatic heterocycles. The zero-order chi connectivity index (χ0) is 30.5. The summed E-state index contributed by atoms with van der Waals surface area (Å²) in [5.74, 6) is -0.252. The zero-order valence-electron chi connectivity index (χ0n) is 25.3. The maximum atomic E-state index is 14.2. The highest BCUT2D eigenvalue weighted by Crippen LogP contribution is 2.38. The number of carbonyl (C=O) groups excluding carboxylic acids is 2. The summed E-state index contributed by atoms with van der Waals surface area (Å²) < 4.78 is 32.6. The van der Waals surface area contributed by atoms with Gasteiger partial charge in [0.25, 0.3) is 0 Å². The summed E-state index contributed by atoms with van der Waals surface area (Å²) >= 11 is 0. The van der Waals surface area contributed by atoms with E-state index in [0.29, 0.717) is 42.4 Å². The first-order chi connectivity index (χ1) is 20.2. The molecule has 0 aromatic carbocycles. The van der Waals surface area contributed by atoms with Crippen molar-refractivity contribution in [2.45, 2.75) is 104 Å². The van der Waals surface area contributed by atoms with Crippen LogP contribution in [-0.2, 0) is 34.9 Å². The fraction of sp³-hybridized carbons (Fsp3) is 0.741. The third-order valence-electron chi connectivity index (χ3n) is 6.75. The van der Waals surface area contributed by atoms with Gasteiger partial charge in [0.05, 0.1) is 26.1 Å². The summed E-state index contributed by atoms with van der Waals surface area (Å²) in [6, 6.07) is -1.31. The zero-order valence-corrected chi connectivity index (χ0v) is 26.2. The molecule has 2 unspecified atom stereocenters. The van der Waals surface area contributed by atoms with Crippen molar-refractivity contribution in [3.8, 4) is 0 Å². The standard InChI is InChI=1S/C27H47N8O6P/c1-5-9-14-40-25(36)20(7-3)33-42(38,34-21(8-4)26(37)41-15-10-6-2)18-39-16-13-35-17-29-22-23(30-19-11-12-19)31-27(28)32-24(22)35/h17,19-21H,5-16,18H2,1-4H3,(H2,33,34,38)(H3,28,30,31,32). The number of hydrogen-bond donors (Lipinski definition) is 4. The number of nitrogens with one attached hydrogen (secondary N) is 3. The number of aromatic nitrogens is 4. The van der Waals surface area contributed by atoms with Crippen molar-refractivity contribution in [1.29, 1.82) is 0 Å². The van der Waals surface area contributed by atoms with Crippen LogP contribution in [0.5, 0.6) is 0 Å². The summed E-state index contributed by atoms with van der Waals surface area (Å²) in [5, 5.41) is 9.19. The van der Waals surface area contributed by atoms with E-state index in [9.17, 15) is 14.2 Å². The van der Waals surface area contributed by atoms with Gasteiger partial charge in [0.15, 0.2) is 17.0 Å². The van der Waals surface area contributed by atoms with Crippen LogP contribution >= 0.6 is 7.44 Å². The molecule has 0 saturated heterocycles. The number of nitrogens with two attached hydrogens (primary N) is 1. The quantitative estimate of drug-likeness (QED) is 0.0914. The van der Waals surface area contributed by atoms with E-state index in [-0.39, 0.29) is 32.1 Å². The van der Waals surface area contributed by atoms with E-state index < -0.39 is 31.5 Å². The highest BCUT2D eigenvalue weighted by atomic mass is 31.2. The van der Waals surface area contributed by atoms with Gasteiger partial charge in [-0.1, -0.05) is 40.5 Å². The normalized spacial score (nSPS) is 16.1. The lowest BCUT2D eigenvalue weighted by Gasteiger charge is -2.28. The van der Waals surface area contributed by atoms with Gasteiger partial charge >= 0.3 is 11.9 Å². The lowest BCUT2D eigenvalue weighted by Crippen LogP contribution is -2.44. The topological polar surface area (TPSA) is 185 Å². The van der Waals surface area contributed by atoms with E-state index in [1.54, 1.807) is 24.7 Å². The Labute approximate surface area is 247 Å². The lowest BCUT2D eigenvalue weighted by atomic mass is 10.2. The number of anilines is 2. The van der Waals surface area contributed by atoms with Crippen LogP contribution in [0.1, 0.15) is 79.1 Å². The predicted molar refractivity (Wildman–Crippen MR) is 161 cm³/mol. The van der Waals surface area contributed by atoms with Crippen LogP contribution < -0.4 is 21.2 Å².